The molecule has 2 aliphatic rings. The van der Waals surface area contributed by atoms with Gasteiger partial charge >= 0.3 is 11.9 Å². The average molecular weight is 623 g/mol. The highest BCUT2D eigenvalue weighted by molar-refractivity contribution is 5.80. The highest BCUT2D eigenvalue weighted by Gasteiger charge is 2.24. The Morgan fingerprint density at radius 1 is 0.565 bits per heavy atom. The molecule has 8 nitrogen and oxygen atoms in total. The molecule has 0 N–H and O–H groups in total. The maximum Gasteiger partial charge on any atom is 0.311 e. The fourth-order valence-corrected chi connectivity index (χ4v) is 4.92. The van der Waals surface area contributed by atoms with Gasteiger partial charge in [0.1, 0.15) is 23.7 Å². The number of epoxide rings is 2. The molecule has 6 rings (SSSR count). The third-order valence-electron chi connectivity index (χ3n) is 8.00. The van der Waals surface area contributed by atoms with Crippen LogP contribution in [0.25, 0.3) is 22.3 Å². The van der Waals surface area contributed by atoms with Gasteiger partial charge in [0, 0.05) is 0 Å². The number of benzene rings is 4. The summed E-state index contributed by atoms with van der Waals surface area (Å²) in [6.07, 6.45) is 0.297. The molecule has 4 atom stereocenters. The normalized spacial score (nSPS) is 18.0. The molecule has 0 bridgehead atoms. The number of carbonyl (C=O) groups excluding carboxylic acids is 2. The van der Waals surface area contributed by atoms with Crippen LogP contribution in [-0.4, -0.2) is 50.6 Å². The summed E-state index contributed by atoms with van der Waals surface area (Å²) >= 11 is 0. The Morgan fingerprint density at radius 3 is 1.17 bits per heavy atom. The van der Waals surface area contributed by atoms with Gasteiger partial charge in [0.25, 0.3) is 0 Å². The number of carbonyl (C=O) groups is 2. The van der Waals surface area contributed by atoms with Crippen molar-refractivity contribution >= 4 is 11.9 Å². The number of ether oxygens (including phenoxy) is 6. The molecule has 0 spiro atoms. The molecule has 0 saturated carbocycles. The maximum absolute atomic E-state index is 12.4. The van der Waals surface area contributed by atoms with E-state index >= 15 is 0 Å². The highest BCUT2D eigenvalue weighted by atomic mass is 16.6. The smallest absolute Gasteiger partial charge is 0.311 e. The number of hydrogen-bond donors (Lipinski definition) is 0. The molecule has 0 aromatic heterocycles. The predicted molar refractivity (Wildman–Crippen MR) is 172 cm³/mol. The molecule has 0 aliphatic carbocycles. The lowest BCUT2D eigenvalue weighted by Crippen LogP contribution is -2.14. The average Bonchev–Trinajstić information content (AvgIpc) is 4.02. The van der Waals surface area contributed by atoms with Crippen LogP contribution in [0.1, 0.15) is 50.0 Å². The van der Waals surface area contributed by atoms with E-state index in [1.54, 1.807) is 24.3 Å². The molecule has 4 unspecified atom stereocenters. The van der Waals surface area contributed by atoms with Crippen LogP contribution in [0, 0.1) is 0 Å². The molecule has 4 aromatic rings. The summed E-state index contributed by atoms with van der Waals surface area (Å²) in [5.74, 6) is -0.166. The van der Waals surface area contributed by atoms with Crippen LogP contribution in [0.5, 0.6) is 11.5 Å². The predicted octanol–water partition coefficient (Wildman–Crippen LogP) is 7.26. The van der Waals surface area contributed by atoms with Crippen molar-refractivity contribution < 1.29 is 38.0 Å². The second-order valence-electron chi connectivity index (χ2n) is 11.6. The van der Waals surface area contributed by atoms with E-state index in [4.69, 9.17) is 28.4 Å². The second kappa shape index (κ2) is 14.8. The van der Waals surface area contributed by atoms with Gasteiger partial charge in [-0.3, -0.25) is 9.59 Å². The summed E-state index contributed by atoms with van der Waals surface area (Å²) in [5.41, 5.74) is 6.29. The SMILES string of the molecule is CC(OCC1CO1)c1ccc(-c2ccc(OC(=O)CCC(=O)Oc3ccc(-c4ccc(C(C)OCC5CO5)cc4)cc3)cc2)cc1. The second-order valence-corrected chi connectivity index (χ2v) is 11.6. The molecule has 0 amide bonds. The largest absolute Gasteiger partial charge is 0.427 e. The minimum atomic E-state index is -0.501. The van der Waals surface area contributed by atoms with Crippen molar-refractivity contribution in [1.82, 2.24) is 0 Å². The number of esters is 2. The Bertz CT molecular complexity index is 1470. The van der Waals surface area contributed by atoms with Crippen molar-refractivity contribution in [2.45, 2.75) is 51.1 Å². The molecule has 0 radical (unpaired) electrons. The van der Waals surface area contributed by atoms with Crippen molar-refractivity contribution in [2.75, 3.05) is 26.4 Å². The first-order chi connectivity index (χ1) is 22.4. The Morgan fingerprint density at radius 2 is 0.870 bits per heavy atom. The fraction of sp³-hybridized carbons (Fsp3) is 0.316. The van der Waals surface area contributed by atoms with Gasteiger partial charge in [0.2, 0.25) is 0 Å². The van der Waals surface area contributed by atoms with Gasteiger partial charge in [-0.2, -0.15) is 0 Å². The van der Waals surface area contributed by atoms with Crippen LogP contribution in [-0.2, 0) is 28.5 Å². The minimum Gasteiger partial charge on any atom is -0.427 e. The third-order valence-corrected chi connectivity index (χ3v) is 8.00. The molecule has 2 aliphatic heterocycles. The summed E-state index contributed by atoms with van der Waals surface area (Å²) in [4.78, 5) is 24.8. The molecular formula is C38H38O8. The van der Waals surface area contributed by atoms with Gasteiger partial charge < -0.3 is 28.4 Å². The Kier molecular flexibility index (Phi) is 10.2. The van der Waals surface area contributed by atoms with Crippen LogP contribution in [0.4, 0.5) is 0 Å². The molecule has 4 aromatic carbocycles. The topological polar surface area (TPSA) is 96.1 Å². The molecule has 2 heterocycles. The van der Waals surface area contributed by atoms with Gasteiger partial charge in [0.15, 0.2) is 0 Å². The number of rotatable bonds is 15. The van der Waals surface area contributed by atoms with Crippen molar-refractivity contribution in [3.05, 3.63) is 108 Å². The van der Waals surface area contributed by atoms with Crippen molar-refractivity contribution in [2.24, 2.45) is 0 Å². The maximum atomic E-state index is 12.4. The standard InChI is InChI=1S/C38H38O8/c1-25(41-21-35-23-43-35)27-3-7-29(8-4-27)31-11-15-33(16-12-31)45-37(39)19-20-38(40)46-34-17-13-32(14-18-34)30-9-5-28(6-10-30)26(2)42-22-36-24-44-36/h3-18,25-26,35-36H,19-24H2,1-2H3. The Balaban J connectivity index is 0.921. The summed E-state index contributed by atoms with van der Waals surface area (Å²) in [7, 11) is 0. The minimum absolute atomic E-state index is 0.00480. The van der Waals surface area contributed by atoms with Gasteiger partial charge in [-0.15, -0.1) is 0 Å². The summed E-state index contributed by atoms with van der Waals surface area (Å²) in [5, 5.41) is 0. The highest BCUT2D eigenvalue weighted by Crippen LogP contribution is 2.28. The van der Waals surface area contributed by atoms with E-state index in [0.29, 0.717) is 24.7 Å². The molecule has 2 saturated heterocycles. The zero-order valence-corrected chi connectivity index (χ0v) is 26.1. The summed E-state index contributed by atoms with van der Waals surface area (Å²) in [6, 6.07) is 31.0. The van der Waals surface area contributed by atoms with E-state index in [2.05, 4.69) is 24.3 Å². The van der Waals surface area contributed by atoms with E-state index in [-0.39, 0.29) is 37.3 Å². The molecule has 8 heteroatoms. The van der Waals surface area contributed by atoms with E-state index in [1.165, 1.54) is 0 Å². The van der Waals surface area contributed by atoms with E-state index < -0.39 is 11.9 Å². The van der Waals surface area contributed by atoms with E-state index in [1.807, 2.05) is 62.4 Å². The molecule has 238 valence electrons. The van der Waals surface area contributed by atoms with E-state index in [9.17, 15) is 9.59 Å². The van der Waals surface area contributed by atoms with Crippen LogP contribution >= 0.6 is 0 Å². The van der Waals surface area contributed by atoms with Gasteiger partial charge in [-0.25, -0.2) is 0 Å². The van der Waals surface area contributed by atoms with Gasteiger partial charge in [-0.05, 0) is 71.5 Å². The zero-order chi connectivity index (χ0) is 31.9. The Labute approximate surface area is 269 Å². The van der Waals surface area contributed by atoms with Crippen LogP contribution in [0.3, 0.4) is 0 Å². The Hall–Kier alpha value is -4.34. The quantitative estimate of drug-likeness (QED) is 0.0777. The summed E-state index contributed by atoms with van der Waals surface area (Å²) < 4.78 is 33.0. The first-order valence-corrected chi connectivity index (χ1v) is 15.7. The van der Waals surface area contributed by atoms with Crippen molar-refractivity contribution in [3.63, 3.8) is 0 Å². The zero-order valence-electron chi connectivity index (χ0n) is 26.1. The number of hydrogen-bond acceptors (Lipinski definition) is 8. The third kappa shape index (κ3) is 9.11. The van der Waals surface area contributed by atoms with E-state index in [0.717, 1.165) is 46.6 Å². The van der Waals surface area contributed by atoms with Crippen LogP contribution in [0.2, 0.25) is 0 Å². The fourth-order valence-electron chi connectivity index (χ4n) is 4.92. The molecule has 2 fully saturated rings. The lowest BCUT2D eigenvalue weighted by Gasteiger charge is -2.13. The molecule has 46 heavy (non-hydrogen) atoms. The molecular weight excluding hydrogens is 584 g/mol. The van der Waals surface area contributed by atoms with Crippen molar-refractivity contribution in [3.8, 4) is 33.8 Å². The summed E-state index contributed by atoms with van der Waals surface area (Å²) in [6.45, 7) is 6.85. The monoisotopic (exact) mass is 622 g/mol. The van der Waals surface area contributed by atoms with Crippen LogP contribution < -0.4 is 9.47 Å². The first-order valence-electron chi connectivity index (χ1n) is 15.7. The lowest BCUT2D eigenvalue weighted by atomic mass is 10.0. The first kappa shape index (κ1) is 31.6. The van der Waals surface area contributed by atoms with Crippen molar-refractivity contribution in [1.29, 1.82) is 0 Å². The van der Waals surface area contributed by atoms with Crippen LogP contribution in [0.15, 0.2) is 97.1 Å². The van der Waals surface area contributed by atoms with Gasteiger partial charge in [-0.1, -0.05) is 72.8 Å². The lowest BCUT2D eigenvalue weighted by molar-refractivity contribution is -0.140. The van der Waals surface area contributed by atoms with Gasteiger partial charge in [0.05, 0.1) is 51.5 Å².